The standard InChI is InChI=1S/C28H27FN2O6S/c1-4-6-14-37-20-9-7-8-18(15-20)23(32)21-22(17-10-12-19(29)13-11-17)31(26(34)24(21)33)28-30-16(3)25(38-28)27(35)36-5-2/h7-13,15,22,32H,4-6,14H2,1-3H3. The van der Waals surface area contributed by atoms with E-state index in [0.717, 1.165) is 29.1 Å². The molecule has 1 amide bonds. The first-order chi connectivity index (χ1) is 18.3. The second kappa shape index (κ2) is 11.6. The Morgan fingerprint density at radius 1 is 1.16 bits per heavy atom. The van der Waals surface area contributed by atoms with Crippen LogP contribution in [0.25, 0.3) is 5.76 Å². The summed E-state index contributed by atoms with van der Waals surface area (Å²) in [7, 11) is 0. The minimum atomic E-state index is -1.11. The summed E-state index contributed by atoms with van der Waals surface area (Å²) in [5.74, 6) is -2.86. The van der Waals surface area contributed by atoms with E-state index in [9.17, 15) is 23.9 Å². The fraction of sp³-hybridized carbons (Fsp3) is 0.286. The van der Waals surface area contributed by atoms with Gasteiger partial charge in [0, 0.05) is 5.56 Å². The van der Waals surface area contributed by atoms with Crippen molar-refractivity contribution in [3.63, 3.8) is 0 Å². The van der Waals surface area contributed by atoms with Crippen molar-refractivity contribution in [1.82, 2.24) is 4.98 Å². The van der Waals surface area contributed by atoms with E-state index in [1.807, 2.05) is 6.92 Å². The Kier molecular flexibility index (Phi) is 8.21. The Bertz CT molecular complexity index is 1400. The average Bonchev–Trinajstić information content (AvgIpc) is 3.41. The van der Waals surface area contributed by atoms with E-state index in [0.29, 0.717) is 23.6 Å². The number of amides is 1. The molecule has 4 rings (SSSR count). The molecule has 0 bridgehead atoms. The van der Waals surface area contributed by atoms with Gasteiger partial charge in [-0.2, -0.15) is 0 Å². The molecule has 1 saturated heterocycles. The lowest BCUT2D eigenvalue weighted by molar-refractivity contribution is -0.132. The molecule has 1 aliphatic heterocycles. The van der Waals surface area contributed by atoms with Crippen LogP contribution in [0.3, 0.4) is 0 Å². The number of halogens is 1. The molecule has 1 fully saturated rings. The van der Waals surface area contributed by atoms with Gasteiger partial charge >= 0.3 is 11.9 Å². The molecular weight excluding hydrogens is 511 g/mol. The number of aliphatic hydroxyl groups is 1. The normalized spacial score (nSPS) is 16.6. The first-order valence-corrected chi connectivity index (χ1v) is 13.0. The summed E-state index contributed by atoms with van der Waals surface area (Å²) in [6.07, 6.45) is 1.81. The molecule has 1 atom stereocenters. The van der Waals surface area contributed by atoms with Crippen LogP contribution in [0.2, 0.25) is 0 Å². The van der Waals surface area contributed by atoms with Crippen molar-refractivity contribution >= 4 is 39.9 Å². The average molecular weight is 539 g/mol. The number of Topliss-reactive ketones (excluding diaryl/α,β-unsaturated/α-hetero) is 1. The highest BCUT2D eigenvalue weighted by Crippen LogP contribution is 2.44. The number of carbonyl (C=O) groups excluding carboxylic acids is 3. The number of ketones is 1. The molecule has 2 aromatic carbocycles. The van der Waals surface area contributed by atoms with Gasteiger partial charge in [-0.3, -0.25) is 14.5 Å². The van der Waals surface area contributed by atoms with E-state index < -0.39 is 35.3 Å². The van der Waals surface area contributed by atoms with Crippen LogP contribution < -0.4 is 9.64 Å². The summed E-state index contributed by atoms with van der Waals surface area (Å²) in [4.78, 5) is 44.8. The van der Waals surface area contributed by atoms with Gasteiger partial charge in [-0.1, -0.05) is 48.9 Å². The minimum absolute atomic E-state index is 0.0812. The zero-order valence-corrected chi connectivity index (χ0v) is 22.0. The van der Waals surface area contributed by atoms with Crippen LogP contribution in [0.4, 0.5) is 9.52 Å². The van der Waals surface area contributed by atoms with Gasteiger partial charge in [-0.05, 0) is 50.1 Å². The zero-order chi connectivity index (χ0) is 27.4. The van der Waals surface area contributed by atoms with E-state index in [1.54, 1.807) is 38.1 Å². The molecule has 10 heteroatoms. The van der Waals surface area contributed by atoms with Crippen LogP contribution in [0, 0.1) is 12.7 Å². The number of unbranched alkanes of at least 4 members (excludes halogenated alkanes) is 1. The monoisotopic (exact) mass is 538 g/mol. The summed E-state index contributed by atoms with van der Waals surface area (Å²) >= 11 is 0.904. The maximum absolute atomic E-state index is 13.8. The number of rotatable bonds is 9. The third-order valence-corrected chi connectivity index (χ3v) is 7.09. The van der Waals surface area contributed by atoms with Crippen molar-refractivity contribution < 1.29 is 33.4 Å². The van der Waals surface area contributed by atoms with E-state index in [2.05, 4.69) is 4.98 Å². The predicted octanol–water partition coefficient (Wildman–Crippen LogP) is 5.57. The molecule has 1 aromatic heterocycles. The lowest BCUT2D eigenvalue weighted by Crippen LogP contribution is -2.29. The number of aryl methyl sites for hydroxylation is 1. The van der Waals surface area contributed by atoms with Gasteiger partial charge in [0.1, 0.15) is 22.2 Å². The smallest absolute Gasteiger partial charge is 0.350 e. The number of anilines is 1. The minimum Gasteiger partial charge on any atom is -0.507 e. The molecule has 8 nitrogen and oxygen atoms in total. The van der Waals surface area contributed by atoms with Crippen molar-refractivity contribution in [2.24, 2.45) is 0 Å². The number of ether oxygens (including phenoxy) is 2. The molecule has 0 saturated carbocycles. The Morgan fingerprint density at radius 3 is 2.58 bits per heavy atom. The summed E-state index contributed by atoms with van der Waals surface area (Å²) in [5.41, 5.74) is 0.817. The Morgan fingerprint density at radius 2 is 1.89 bits per heavy atom. The van der Waals surface area contributed by atoms with Crippen molar-refractivity contribution in [2.75, 3.05) is 18.1 Å². The first-order valence-electron chi connectivity index (χ1n) is 12.2. The molecular formula is C28H27FN2O6S. The summed E-state index contributed by atoms with van der Waals surface area (Å²) in [6, 6.07) is 10.8. The van der Waals surface area contributed by atoms with Crippen molar-refractivity contribution in [3.05, 3.63) is 81.6 Å². The highest BCUT2D eigenvalue weighted by Gasteiger charge is 2.48. The van der Waals surface area contributed by atoms with Crippen LogP contribution in [-0.2, 0) is 14.3 Å². The Labute approximate surface area is 223 Å². The van der Waals surface area contributed by atoms with Crippen LogP contribution in [-0.4, -0.2) is 41.0 Å². The number of nitrogens with zero attached hydrogens (tertiary/aromatic N) is 2. The largest absolute Gasteiger partial charge is 0.507 e. The van der Waals surface area contributed by atoms with Gasteiger partial charge in [0.25, 0.3) is 5.78 Å². The van der Waals surface area contributed by atoms with Gasteiger partial charge in [0.15, 0.2) is 5.13 Å². The highest BCUT2D eigenvalue weighted by atomic mass is 32.1. The molecule has 198 valence electrons. The molecule has 0 spiro atoms. The van der Waals surface area contributed by atoms with Crippen LogP contribution in [0.15, 0.2) is 54.1 Å². The third kappa shape index (κ3) is 5.31. The number of benzene rings is 2. The Balaban J connectivity index is 1.84. The lowest BCUT2D eigenvalue weighted by atomic mass is 9.95. The highest BCUT2D eigenvalue weighted by molar-refractivity contribution is 7.17. The van der Waals surface area contributed by atoms with E-state index in [-0.39, 0.29) is 27.8 Å². The second-order valence-electron chi connectivity index (χ2n) is 8.58. The first kappa shape index (κ1) is 27.0. The molecule has 1 N–H and O–H groups in total. The van der Waals surface area contributed by atoms with Crippen molar-refractivity contribution in [2.45, 2.75) is 39.7 Å². The maximum atomic E-state index is 13.8. The van der Waals surface area contributed by atoms with Gasteiger partial charge < -0.3 is 14.6 Å². The summed E-state index contributed by atoms with van der Waals surface area (Å²) in [5, 5.41) is 11.4. The van der Waals surface area contributed by atoms with Crippen LogP contribution >= 0.6 is 11.3 Å². The lowest BCUT2D eigenvalue weighted by Gasteiger charge is -2.23. The maximum Gasteiger partial charge on any atom is 0.350 e. The van der Waals surface area contributed by atoms with Gasteiger partial charge in [-0.25, -0.2) is 14.2 Å². The van der Waals surface area contributed by atoms with Crippen molar-refractivity contribution in [3.8, 4) is 5.75 Å². The molecule has 0 aliphatic carbocycles. The number of esters is 1. The van der Waals surface area contributed by atoms with E-state index >= 15 is 0 Å². The number of hydrogen-bond acceptors (Lipinski definition) is 8. The van der Waals surface area contributed by atoms with Gasteiger partial charge in [0.05, 0.1) is 30.5 Å². The number of aliphatic hydroxyl groups excluding tert-OH is 1. The van der Waals surface area contributed by atoms with Crippen LogP contribution in [0.1, 0.15) is 59.2 Å². The molecule has 38 heavy (non-hydrogen) atoms. The third-order valence-electron chi connectivity index (χ3n) is 5.96. The Hall–Kier alpha value is -4.05. The molecule has 1 aliphatic rings. The van der Waals surface area contributed by atoms with Gasteiger partial charge in [-0.15, -0.1) is 0 Å². The molecule has 1 unspecified atom stereocenters. The van der Waals surface area contributed by atoms with Crippen LogP contribution in [0.5, 0.6) is 5.75 Å². The molecule has 2 heterocycles. The molecule has 0 radical (unpaired) electrons. The predicted molar refractivity (Wildman–Crippen MR) is 141 cm³/mol. The zero-order valence-electron chi connectivity index (χ0n) is 21.2. The van der Waals surface area contributed by atoms with E-state index in [4.69, 9.17) is 9.47 Å². The quantitative estimate of drug-likeness (QED) is 0.125. The number of carbonyl (C=O) groups is 3. The number of hydrogen-bond donors (Lipinski definition) is 1. The fourth-order valence-electron chi connectivity index (χ4n) is 4.08. The SMILES string of the molecule is CCCCOc1cccc(C(O)=C2C(=O)C(=O)N(c3nc(C)c(C(=O)OCC)s3)C2c2ccc(F)cc2)c1. The second-order valence-corrected chi connectivity index (χ2v) is 9.56. The fourth-order valence-corrected chi connectivity index (χ4v) is 5.07. The number of thiazole rings is 1. The molecule has 3 aromatic rings. The number of aromatic nitrogens is 1. The summed E-state index contributed by atoms with van der Waals surface area (Å²) in [6.45, 7) is 5.96. The summed E-state index contributed by atoms with van der Waals surface area (Å²) < 4.78 is 24.6. The van der Waals surface area contributed by atoms with Crippen molar-refractivity contribution in [1.29, 1.82) is 0 Å². The van der Waals surface area contributed by atoms with Gasteiger partial charge in [0.2, 0.25) is 0 Å². The topological polar surface area (TPSA) is 106 Å². The van der Waals surface area contributed by atoms with E-state index in [1.165, 1.54) is 24.3 Å².